The van der Waals surface area contributed by atoms with Gasteiger partial charge in [0, 0.05) is 34.7 Å². The fourth-order valence-corrected chi connectivity index (χ4v) is 3.62. The van der Waals surface area contributed by atoms with Crippen LogP contribution in [0.3, 0.4) is 0 Å². The molecule has 8 nitrogen and oxygen atoms in total. The molecule has 0 saturated carbocycles. The van der Waals surface area contributed by atoms with Gasteiger partial charge in [-0.1, -0.05) is 18.2 Å². The highest BCUT2D eigenvalue weighted by atomic mass is 32.1. The summed E-state index contributed by atoms with van der Waals surface area (Å²) < 4.78 is 4.44. The molecule has 0 aliphatic carbocycles. The maximum absolute atomic E-state index is 12.2. The second-order valence-corrected chi connectivity index (χ2v) is 7.18. The highest BCUT2D eigenvalue weighted by molar-refractivity contribution is 7.09. The first-order valence-electron chi connectivity index (χ1n) is 8.88. The fourth-order valence-electron chi connectivity index (χ4n) is 3.01. The van der Waals surface area contributed by atoms with Gasteiger partial charge in [0.1, 0.15) is 5.69 Å². The highest BCUT2D eigenvalue weighted by Crippen LogP contribution is 2.27. The van der Waals surface area contributed by atoms with E-state index in [1.54, 1.807) is 0 Å². The van der Waals surface area contributed by atoms with Gasteiger partial charge < -0.3 is 15.6 Å². The molecule has 4 aromatic rings. The van der Waals surface area contributed by atoms with E-state index in [1.807, 2.05) is 36.5 Å². The van der Waals surface area contributed by atoms with Crippen molar-refractivity contribution in [3.63, 3.8) is 0 Å². The fraction of sp³-hybridized carbons (Fsp3) is 0.0500. The number of amides is 1. The minimum Gasteiger partial charge on any atom is -0.341 e. The number of nitrogens with zero attached hydrogens (tertiary/aromatic N) is 4. The first-order chi connectivity index (χ1) is 14.2. The number of H-pyrrole nitrogens is 1. The molecule has 1 amide bonds. The SMILES string of the molecule is O=C(Nc1cccc(-c2nsc(Nc3ccc4c(c3)C=NC4)n2)c1)c1cnc[nH]1. The maximum atomic E-state index is 12.2. The average molecular weight is 401 g/mol. The van der Waals surface area contributed by atoms with Crippen LogP contribution in [0.2, 0.25) is 0 Å². The molecule has 0 radical (unpaired) electrons. The van der Waals surface area contributed by atoms with Crippen molar-refractivity contribution in [2.24, 2.45) is 4.99 Å². The predicted molar refractivity (Wildman–Crippen MR) is 113 cm³/mol. The number of nitrogens with one attached hydrogen (secondary N) is 3. The first-order valence-corrected chi connectivity index (χ1v) is 9.65. The summed E-state index contributed by atoms with van der Waals surface area (Å²) in [5.74, 6) is 0.339. The Morgan fingerprint density at radius 2 is 2.10 bits per heavy atom. The van der Waals surface area contributed by atoms with Crippen LogP contribution in [0.4, 0.5) is 16.5 Å². The van der Waals surface area contributed by atoms with E-state index in [2.05, 4.69) is 47.1 Å². The van der Waals surface area contributed by atoms with Crippen molar-refractivity contribution in [3.8, 4) is 11.4 Å². The van der Waals surface area contributed by atoms with Crippen molar-refractivity contribution >= 4 is 40.2 Å². The van der Waals surface area contributed by atoms with Crippen molar-refractivity contribution in [2.75, 3.05) is 10.6 Å². The molecule has 2 aromatic carbocycles. The summed E-state index contributed by atoms with van der Waals surface area (Å²) in [4.78, 5) is 27.7. The number of benzene rings is 2. The number of rotatable bonds is 5. The van der Waals surface area contributed by atoms with Gasteiger partial charge in [-0.3, -0.25) is 9.79 Å². The largest absolute Gasteiger partial charge is 0.341 e. The van der Waals surface area contributed by atoms with Gasteiger partial charge in [-0.15, -0.1) is 0 Å². The van der Waals surface area contributed by atoms with E-state index < -0.39 is 0 Å². The molecule has 142 valence electrons. The molecule has 0 unspecified atom stereocenters. The summed E-state index contributed by atoms with van der Waals surface area (Å²) in [6.45, 7) is 0.742. The number of anilines is 3. The normalized spacial score (nSPS) is 12.0. The number of aliphatic imine (C=N–C) groups is 1. The van der Waals surface area contributed by atoms with Crippen LogP contribution >= 0.6 is 11.5 Å². The number of imidazole rings is 1. The van der Waals surface area contributed by atoms with Gasteiger partial charge in [-0.05, 0) is 35.4 Å². The molecule has 9 heteroatoms. The van der Waals surface area contributed by atoms with Crippen LogP contribution in [-0.4, -0.2) is 31.4 Å². The molecule has 0 saturated heterocycles. The smallest absolute Gasteiger partial charge is 0.273 e. The number of aromatic nitrogens is 4. The first kappa shape index (κ1) is 17.3. The summed E-state index contributed by atoms with van der Waals surface area (Å²) in [5.41, 5.74) is 5.17. The zero-order valence-electron chi connectivity index (χ0n) is 15.1. The number of hydrogen-bond donors (Lipinski definition) is 3. The average Bonchev–Trinajstić information content (AvgIpc) is 3.49. The van der Waals surface area contributed by atoms with Crippen LogP contribution in [0.25, 0.3) is 11.4 Å². The zero-order chi connectivity index (χ0) is 19.6. The number of hydrogen-bond acceptors (Lipinski definition) is 7. The molecule has 0 fully saturated rings. The summed E-state index contributed by atoms with van der Waals surface area (Å²) >= 11 is 1.28. The van der Waals surface area contributed by atoms with Crippen molar-refractivity contribution in [1.29, 1.82) is 0 Å². The summed E-state index contributed by atoms with van der Waals surface area (Å²) in [6, 6.07) is 13.5. The van der Waals surface area contributed by atoms with E-state index in [4.69, 9.17) is 0 Å². The second kappa shape index (κ2) is 7.28. The Bertz CT molecular complexity index is 1210. The Labute approximate surface area is 169 Å². The topological polar surface area (TPSA) is 108 Å². The van der Waals surface area contributed by atoms with Crippen LogP contribution < -0.4 is 10.6 Å². The lowest BCUT2D eigenvalue weighted by molar-refractivity contribution is 0.102. The Kier molecular flexibility index (Phi) is 4.34. The second-order valence-electron chi connectivity index (χ2n) is 6.43. The van der Waals surface area contributed by atoms with Crippen LogP contribution in [-0.2, 0) is 6.54 Å². The van der Waals surface area contributed by atoms with Gasteiger partial charge in [-0.25, -0.2) is 4.98 Å². The molecule has 5 rings (SSSR count). The van der Waals surface area contributed by atoms with Gasteiger partial charge >= 0.3 is 0 Å². The molecule has 29 heavy (non-hydrogen) atoms. The molecular weight excluding hydrogens is 386 g/mol. The third kappa shape index (κ3) is 3.63. The van der Waals surface area contributed by atoms with E-state index in [-0.39, 0.29) is 5.91 Å². The van der Waals surface area contributed by atoms with Crippen LogP contribution in [0, 0.1) is 0 Å². The number of aromatic amines is 1. The van der Waals surface area contributed by atoms with E-state index in [0.717, 1.165) is 23.4 Å². The van der Waals surface area contributed by atoms with Crippen molar-refractivity contribution in [3.05, 3.63) is 71.8 Å². The highest BCUT2D eigenvalue weighted by Gasteiger charge is 2.12. The molecule has 0 atom stereocenters. The van der Waals surface area contributed by atoms with Crippen molar-refractivity contribution in [2.45, 2.75) is 6.54 Å². The van der Waals surface area contributed by atoms with Gasteiger partial charge in [0.15, 0.2) is 5.82 Å². The maximum Gasteiger partial charge on any atom is 0.273 e. The minimum atomic E-state index is -0.256. The van der Waals surface area contributed by atoms with E-state index in [1.165, 1.54) is 29.6 Å². The molecular formula is C20H15N7OS. The Morgan fingerprint density at radius 3 is 3.00 bits per heavy atom. The van der Waals surface area contributed by atoms with Gasteiger partial charge in [0.2, 0.25) is 5.13 Å². The van der Waals surface area contributed by atoms with E-state index >= 15 is 0 Å². The summed E-state index contributed by atoms with van der Waals surface area (Å²) in [7, 11) is 0. The number of carbonyl (C=O) groups excluding carboxylic acids is 1. The molecule has 0 spiro atoms. The Hall–Kier alpha value is -3.85. The van der Waals surface area contributed by atoms with Crippen molar-refractivity contribution in [1.82, 2.24) is 19.3 Å². The van der Waals surface area contributed by atoms with Crippen molar-refractivity contribution < 1.29 is 4.79 Å². The van der Waals surface area contributed by atoms with E-state index in [9.17, 15) is 4.79 Å². The van der Waals surface area contributed by atoms with Gasteiger partial charge in [0.25, 0.3) is 5.91 Å². The Morgan fingerprint density at radius 1 is 1.14 bits per heavy atom. The lowest BCUT2D eigenvalue weighted by Crippen LogP contribution is -2.12. The quantitative estimate of drug-likeness (QED) is 0.471. The lowest BCUT2D eigenvalue weighted by atomic mass is 10.1. The molecule has 1 aliphatic heterocycles. The van der Waals surface area contributed by atoms with Gasteiger partial charge in [0.05, 0.1) is 19.1 Å². The van der Waals surface area contributed by atoms with Gasteiger partial charge in [-0.2, -0.15) is 9.36 Å². The zero-order valence-corrected chi connectivity index (χ0v) is 15.9. The number of carbonyl (C=O) groups is 1. The molecule has 0 bridgehead atoms. The van der Waals surface area contributed by atoms with Crippen LogP contribution in [0.15, 0.2) is 60.0 Å². The standard InChI is InChI=1S/C20H15N7OS/c28-19(17-10-22-11-23-17)24-15-3-1-2-12(6-15)18-26-20(29-27-18)25-16-5-4-13-8-21-9-14(13)7-16/h1-7,9-11H,8H2,(H,22,23)(H,24,28)(H,25,26,27). The summed E-state index contributed by atoms with van der Waals surface area (Å²) in [6.07, 6.45) is 4.83. The minimum absolute atomic E-state index is 0.256. The summed E-state index contributed by atoms with van der Waals surface area (Å²) in [5, 5.41) is 6.82. The monoisotopic (exact) mass is 401 g/mol. The third-order valence-electron chi connectivity index (χ3n) is 4.44. The predicted octanol–water partition coefficient (Wildman–Crippen LogP) is 3.86. The number of fused-ring (bicyclic) bond motifs is 1. The molecule has 1 aliphatic rings. The van der Waals surface area contributed by atoms with E-state index in [0.29, 0.717) is 22.3 Å². The Balaban J connectivity index is 1.32. The lowest BCUT2D eigenvalue weighted by Gasteiger charge is -2.05. The molecule has 2 aromatic heterocycles. The van der Waals surface area contributed by atoms with Crippen LogP contribution in [0.1, 0.15) is 21.6 Å². The third-order valence-corrected chi connectivity index (χ3v) is 5.07. The molecule has 3 heterocycles. The van der Waals surface area contributed by atoms with Crippen LogP contribution in [0.5, 0.6) is 0 Å². The molecule has 3 N–H and O–H groups in total.